The van der Waals surface area contributed by atoms with Gasteiger partial charge in [-0.15, -0.1) is 0 Å². The topological polar surface area (TPSA) is 27.7 Å². The summed E-state index contributed by atoms with van der Waals surface area (Å²) in [6.07, 6.45) is 0. The van der Waals surface area contributed by atoms with Crippen LogP contribution in [0.5, 0.6) is 17.2 Å². The molecule has 0 N–H and O–H groups in total. The molecule has 3 nitrogen and oxygen atoms in total. The van der Waals surface area contributed by atoms with Gasteiger partial charge < -0.3 is 0 Å². The molecule has 0 bridgehead atoms. The van der Waals surface area contributed by atoms with Crippen LogP contribution in [0.25, 0.3) is 0 Å². The highest BCUT2D eigenvalue weighted by Crippen LogP contribution is 2.60. The zero-order valence-electron chi connectivity index (χ0n) is 18.0. The fraction of sp³-hybridized carbons (Fsp3) is 0.111. The van der Waals surface area contributed by atoms with Gasteiger partial charge in [-0.25, -0.2) is 0 Å². The van der Waals surface area contributed by atoms with Crippen LogP contribution in [0, 0.1) is 20.8 Å². The lowest BCUT2D eigenvalue weighted by atomic mass is 10.2. The minimum Gasteiger partial charge on any atom is -0.267 e. The van der Waals surface area contributed by atoms with Crippen LogP contribution in [0.1, 0.15) is 16.7 Å². The smallest absolute Gasteiger partial charge is 0.267 e. The lowest BCUT2D eigenvalue weighted by Crippen LogP contribution is -2.26. The summed E-state index contributed by atoms with van der Waals surface area (Å²) in [4.78, 5) is 0. The normalized spacial score (nSPS) is 11.1. The monoisotopic (exact) mass is 429 g/mol. The number of rotatable bonds is 7. The quantitative estimate of drug-likeness (QED) is 0.290. The maximum Gasteiger partial charge on any atom is 0.580 e. The van der Waals surface area contributed by atoms with E-state index in [4.69, 9.17) is 13.6 Å². The van der Waals surface area contributed by atoms with Crippen molar-refractivity contribution in [3.05, 3.63) is 120 Å². The third kappa shape index (κ3) is 4.73. The second-order valence-electron chi connectivity index (χ2n) is 7.40. The summed E-state index contributed by atoms with van der Waals surface area (Å²) in [7, 11) is -3.10. The van der Waals surface area contributed by atoms with Gasteiger partial charge in [-0.2, -0.15) is 0 Å². The van der Waals surface area contributed by atoms with E-state index >= 15 is 0 Å². The second-order valence-corrected chi connectivity index (χ2v) is 9.46. The Morgan fingerprint density at radius 1 is 0.419 bits per heavy atom. The average molecular weight is 429 g/mol. The lowest BCUT2D eigenvalue weighted by Gasteiger charge is -2.24. The van der Waals surface area contributed by atoms with Crippen molar-refractivity contribution in [3.8, 4) is 17.2 Å². The van der Waals surface area contributed by atoms with Gasteiger partial charge in [0, 0.05) is 0 Å². The van der Waals surface area contributed by atoms with Crippen molar-refractivity contribution >= 4 is 13.2 Å². The number of hydrogen-bond donors (Lipinski definition) is 0. The van der Waals surface area contributed by atoms with Gasteiger partial charge in [0.15, 0.2) is 17.2 Å². The van der Waals surface area contributed by atoms with Crippen LogP contribution in [-0.4, -0.2) is 0 Å². The minimum absolute atomic E-state index is 0.738. The molecule has 4 aromatic rings. The Hall–Kier alpha value is -3.29. The van der Waals surface area contributed by atoms with E-state index in [1.807, 2.05) is 124 Å². The van der Waals surface area contributed by atoms with E-state index in [-0.39, 0.29) is 0 Å². The van der Waals surface area contributed by atoms with Crippen molar-refractivity contribution in [1.29, 1.82) is 0 Å². The zero-order chi connectivity index (χ0) is 21.7. The molecule has 0 radical (unpaired) electrons. The number of aryl methyl sites for hydroxylation is 3. The molecule has 0 saturated heterocycles. The maximum absolute atomic E-state index is 6.70. The SMILES string of the molecule is Cc1ccccc1O[P+](Oc1ccccc1C)(Oc1ccccc1C)c1ccccc1. The van der Waals surface area contributed by atoms with E-state index in [2.05, 4.69) is 0 Å². The Balaban J connectivity index is 1.89. The molecular weight excluding hydrogens is 403 g/mol. The summed E-state index contributed by atoms with van der Waals surface area (Å²) >= 11 is 0. The highest BCUT2D eigenvalue weighted by Gasteiger charge is 2.54. The first-order valence-corrected chi connectivity index (χ1v) is 11.8. The van der Waals surface area contributed by atoms with Gasteiger partial charge in [-0.05, 0) is 67.8 Å². The molecule has 4 heteroatoms. The number of para-hydroxylation sites is 3. The van der Waals surface area contributed by atoms with Gasteiger partial charge in [0.1, 0.15) is 0 Å². The van der Waals surface area contributed by atoms with Crippen molar-refractivity contribution in [2.45, 2.75) is 20.8 Å². The molecule has 31 heavy (non-hydrogen) atoms. The largest absolute Gasteiger partial charge is 0.580 e. The summed E-state index contributed by atoms with van der Waals surface area (Å²) in [6.45, 7) is 6.07. The molecule has 0 heterocycles. The van der Waals surface area contributed by atoms with E-state index < -0.39 is 7.94 Å². The van der Waals surface area contributed by atoms with Crippen LogP contribution in [-0.2, 0) is 0 Å². The summed E-state index contributed by atoms with van der Waals surface area (Å²) < 4.78 is 20.1. The summed E-state index contributed by atoms with van der Waals surface area (Å²) in [5.74, 6) is 2.21. The van der Waals surface area contributed by atoms with Crippen LogP contribution in [0.15, 0.2) is 103 Å². The van der Waals surface area contributed by atoms with Crippen LogP contribution in [0.3, 0.4) is 0 Å². The van der Waals surface area contributed by atoms with E-state index in [1.54, 1.807) is 0 Å². The first-order chi connectivity index (χ1) is 15.1. The van der Waals surface area contributed by atoms with Crippen LogP contribution in [0.2, 0.25) is 0 Å². The van der Waals surface area contributed by atoms with Gasteiger partial charge in [-0.1, -0.05) is 72.8 Å². The Labute approximate surface area is 184 Å². The number of hydrogen-bond acceptors (Lipinski definition) is 3. The molecule has 0 amide bonds. The molecular formula is C27H26O3P+. The molecule has 156 valence electrons. The molecule has 0 fully saturated rings. The summed E-state index contributed by atoms with van der Waals surface area (Å²) in [6, 6.07) is 33.8. The second kappa shape index (κ2) is 9.24. The van der Waals surface area contributed by atoms with Crippen LogP contribution in [0.4, 0.5) is 0 Å². The minimum atomic E-state index is -3.10. The van der Waals surface area contributed by atoms with Gasteiger partial charge in [-0.3, -0.25) is 13.6 Å². The van der Waals surface area contributed by atoms with Crippen molar-refractivity contribution in [2.24, 2.45) is 0 Å². The Morgan fingerprint density at radius 2 is 0.742 bits per heavy atom. The first-order valence-electron chi connectivity index (χ1n) is 10.3. The van der Waals surface area contributed by atoms with Crippen molar-refractivity contribution < 1.29 is 13.6 Å². The van der Waals surface area contributed by atoms with E-state index in [9.17, 15) is 0 Å². The highest BCUT2D eigenvalue weighted by atomic mass is 31.2. The van der Waals surface area contributed by atoms with Crippen molar-refractivity contribution in [1.82, 2.24) is 0 Å². The molecule has 0 aliphatic carbocycles. The fourth-order valence-electron chi connectivity index (χ4n) is 3.19. The standard InChI is InChI=1S/C27H26O3P/c1-21-13-7-10-18-25(21)28-31(24-16-5-4-6-17-24,29-26-19-11-8-14-22(26)2)30-27-20-12-9-15-23(27)3/h4-20H,1-3H3/q+1. The molecule has 0 saturated carbocycles. The Morgan fingerprint density at radius 3 is 1.10 bits per heavy atom. The van der Waals surface area contributed by atoms with E-state index in [0.29, 0.717) is 0 Å². The molecule has 0 unspecified atom stereocenters. The molecule has 0 atom stereocenters. The maximum atomic E-state index is 6.70. The van der Waals surface area contributed by atoms with Crippen LogP contribution < -0.4 is 18.9 Å². The lowest BCUT2D eigenvalue weighted by molar-refractivity contribution is 0.366. The highest BCUT2D eigenvalue weighted by molar-refractivity contribution is 7.70. The van der Waals surface area contributed by atoms with Gasteiger partial charge in [0.25, 0.3) is 0 Å². The predicted molar refractivity (Wildman–Crippen MR) is 128 cm³/mol. The van der Waals surface area contributed by atoms with Crippen molar-refractivity contribution in [3.63, 3.8) is 0 Å². The first kappa shape index (κ1) is 21.0. The third-order valence-electron chi connectivity index (χ3n) is 5.01. The van der Waals surface area contributed by atoms with E-state index in [1.165, 1.54) is 0 Å². The fourth-order valence-corrected chi connectivity index (χ4v) is 5.55. The van der Waals surface area contributed by atoms with Crippen LogP contribution >= 0.6 is 7.94 Å². The third-order valence-corrected chi connectivity index (χ3v) is 7.25. The predicted octanol–water partition coefficient (Wildman–Crippen LogP) is 7.24. The van der Waals surface area contributed by atoms with Gasteiger partial charge in [0.05, 0.1) is 0 Å². The molecule has 4 rings (SSSR count). The zero-order valence-corrected chi connectivity index (χ0v) is 18.9. The molecule has 4 aromatic carbocycles. The number of benzene rings is 4. The Kier molecular flexibility index (Phi) is 6.25. The van der Waals surface area contributed by atoms with Gasteiger partial charge >= 0.3 is 7.94 Å². The molecule has 0 spiro atoms. The summed E-state index contributed by atoms with van der Waals surface area (Å²) in [5.41, 5.74) is 3.05. The average Bonchev–Trinajstić information content (AvgIpc) is 2.79. The van der Waals surface area contributed by atoms with E-state index in [0.717, 1.165) is 39.2 Å². The molecule has 0 aliphatic heterocycles. The molecule has 0 aliphatic rings. The molecule has 0 aromatic heterocycles. The summed E-state index contributed by atoms with van der Waals surface area (Å²) in [5, 5.41) is 0.866. The van der Waals surface area contributed by atoms with Gasteiger partial charge in [0.2, 0.25) is 5.30 Å². The van der Waals surface area contributed by atoms with Crippen molar-refractivity contribution in [2.75, 3.05) is 0 Å². The Bertz CT molecular complexity index is 1040.